The van der Waals surface area contributed by atoms with E-state index in [9.17, 15) is 9.90 Å². The second-order valence-electron chi connectivity index (χ2n) is 11.2. The number of carbonyl (C=O) groups is 1. The average Bonchev–Trinajstić information content (AvgIpc) is 3.28. The fraction of sp³-hybridized carbons (Fsp3) is 0.839. The average molecular weight is 573 g/mol. The molecule has 0 amide bonds. The van der Waals surface area contributed by atoms with Gasteiger partial charge in [0.1, 0.15) is 18.4 Å². The van der Waals surface area contributed by atoms with Crippen LogP contribution in [0.3, 0.4) is 0 Å². The predicted molar refractivity (Wildman–Crippen MR) is 148 cm³/mol. The fourth-order valence-electron chi connectivity index (χ4n) is 5.76. The summed E-state index contributed by atoms with van der Waals surface area (Å²) in [7, 11) is 1.34. The van der Waals surface area contributed by atoms with Crippen molar-refractivity contribution in [1.29, 1.82) is 0 Å². The standard InChI is InChI=1S/C31H50F2O7/c1-3-4-12-23(32)26(39-29-15-8-10-19-37-29)18-17-22-27(40-30-16-9-11-20-38-30)21-25(34)31(22)24(33)13-6-5-7-14-28(35)36-2/h6,13,17-18,22-27,29-31,34H,3-5,7-12,14-16,19-21H2,1-2H3/t22-,23?,24-,25-,26+,27+,29?,30?,31-/m0/s1. The van der Waals surface area contributed by atoms with E-state index >= 15 is 8.78 Å². The Hall–Kier alpha value is -1.39. The lowest BCUT2D eigenvalue weighted by Crippen LogP contribution is -2.34. The molecule has 230 valence electrons. The molecular weight excluding hydrogens is 522 g/mol. The number of methoxy groups -OCH3 is 1. The lowest BCUT2D eigenvalue weighted by Gasteiger charge is -2.31. The lowest BCUT2D eigenvalue weighted by atomic mass is 9.88. The molecule has 2 saturated heterocycles. The van der Waals surface area contributed by atoms with Crippen molar-refractivity contribution in [1.82, 2.24) is 0 Å². The maximum absolute atomic E-state index is 15.7. The molecule has 2 heterocycles. The number of allylic oxidation sites excluding steroid dienone is 2. The second-order valence-corrected chi connectivity index (χ2v) is 11.2. The van der Waals surface area contributed by atoms with E-state index in [-0.39, 0.29) is 18.8 Å². The van der Waals surface area contributed by atoms with Crippen molar-refractivity contribution in [3.63, 3.8) is 0 Å². The third kappa shape index (κ3) is 10.8. The highest BCUT2D eigenvalue weighted by atomic mass is 19.1. The smallest absolute Gasteiger partial charge is 0.305 e. The molecular formula is C31H50F2O7. The Morgan fingerprint density at radius 3 is 2.42 bits per heavy atom. The molecule has 3 rings (SSSR count). The SMILES string of the molecule is CCCCC(F)[C@@H](C=C[C@@H]1[C@@H]([C@@H](F)C=CCCCC(=O)OC)[C@@H](O)C[C@H]1OC1CCCCO1)OC1CCCCO1. The number of ether oxygens (including phenoxy) is 5. The highest BCUT2D eigenvalue weighted by molar-refractivity contribution is 5.69. The van der Waals surface area contributed by atoms with E-state index in [0.717, 1.165) is 44.9 Å². The van der Waals surface area contributed by atoms with Crippen LogP contribution in [-0.4, -0.2) is 74.6 Å². The van der Waals surface area contributed by atoms with Crippen LogP contribution in [0.5, 0.6) is 0 Å². The van der Waals surface area contributed by atoms with Crippen LogP contribution in [-0.2, 0) is 28.5 Å². The van der Waals surface area contributed by atoms with Gasteiger partial charge in [-0.25, -0.2) is 8.78 Å². The Kier molecular flexibility index (Phi) is 15.1. The molecule has 3 aliphatic rings. The Morgan fingerprint density at radius 2 is 1.77 bits per heavy atom. The van der Waals surface area contributed by atoms with Gasteiger partial charge in [0.2, 0.25) is 0 Å². The topological polar surface area (TPSA) is 83.5 Å². The van der Waals surface area contributed by atoms with Crippen molar-refractivity contribution < 1.29 is 42.4 Å². The van der Waals surface area contributed by atoms with Crippen molar-refractivity contribution in [2.75, 3.05) is 20.3 Å². The Bertz CT molecular complexity index is 767. The zero-order chi connectivity index (χ0) is 28.7. The van der Waals surface area contributed by atoms with Crippen LogP contribution in [0.4, 0.5) is 8.78 Å². The Morgan fingerprint density at radius 1 is 1.05 bits per heavy atom. The Balaban J connectivity index is 1.75. The number of aliphatic hydroxyl groups excluding tert-OH is 1. The maximum atomic E-state index is 15.7. The highest BCUT2D eigenvalue weighted by Gasteiger charge is 2.46. The number of hydrogen-bond donors (Lipinski definition) is 1. The first-order valence-corrected chi connectivity index (χ1v) is 15.3. The first kappa shape index (κ1) is 33.1. The van der Waals surface area contributed by atoms with E-state index < -0.39 is 55.1 Å². The normalized spacial score (nSPS) is 31.9. The van der Waals surface area contributed by atoms with E-state index in [4.69, 9.17) is 18.9 Å². The molecule has 2 aliphatic heterocycles. The number of halogens is 2. The summed E-state index contributed by atoms with van der Waals surface area (Å²) >= 11 is 0. The quantitative estimate of drug-likeness (QED) is 0.135. The molecule has 1 saturated carbocycles. The molecule has 1 N–H and O–H groups in total. The number of rotatable bonds is 16. The molecule has 9 heteroatoms. The van der Waals surface area contributed by atoms with Gasteiger partial charge in [0.15, 0.2) is 12.6 Å². The molecule has 0 bridgehead atoms. The molecule has 0 spiro atoms. The van der Waals surface area contributed by atoms with E-state index in [0.29, 0.717) is 38.9 Å². The van der Waals surface area contributed by atoms with Crippen LogP contribution in [0.25, 0.3) is 0 Å². The summed E-state index contributed by atoms with van der Waals surface area (Å²) < 4.78 is 59.5. The summed E-state index contributed by atoms with van der Waals surface area (Å²) in [4.78, 5) is 11.3. The van der Waals surface area contributed by atoms with Gasteiger partial charge in [-0.15, -0.1) is 0 Å². The molecule has 0 radical (unpaired) electrons. The molecule has 40 heavy (non-hydrogen) atoms. The third-order valence-electron chi connectivity index (χ3n) is 8.08. The number of hydrogen-bond acceptors (Lipinski definition) is 7. The van der Waals surface area contributed by atoms with Gasteiger partial charge in [-0.3, -0.25) is 4.79 Å². The molecule has 0 aromatic heterocycles. The van der Waals surface area contributed by atoms with E-state index in [1.807, 2.05) is 6.92 Å². The number of carbonyl (C=O) groups excluding carboxylic acids is 1. The first-order chi connectivity index (χ1) is 19.4. The van der Waals surface area contributed by atoms with Crippen LogP contribution >= 0.6 is 0 Å². The number of esters is 1. The molecule has 7 nitrogen and oxygen atoms in total. The van der Waals surface area contributed by atoms with Gasteiger partial charge in [-0.05, 0) is 57.8 Å². The summed E-state index contributed by atoms with van der Waals surface area (Å²) in [5, 5.41) is 11.0. The monoisotopic (exact) mass is 572 g/mol. The third-order valence-corrected chi connectivity index (χ3v) is 8.08. The van der Waals surface area contributed by atoms with Crippen molar-refractivity contribution >= 4 is 5.97 Å². The molecule has 1 aliphatic carbocycles. The maximum Gasteiger partial charge on any atom is 0.305 e. The lowest BCUT2D eigenvalue weighted by molar-refractivity contribution is -0.194. The van der Waals surface area contributed by atoms with E-state index in [2.05, 4.69) is 4.74 Å². The largest absolute Gasteiger partial charge is 0.469 e. The fourth-order valence-corrected chi connectivity index (χ4v) is 5.76. The van der Waals surface area contributed by atoms with Gasteiger partial charge in [-0.2, -0.15) is 0 Å². The van der Waals surface area contributed by atoms with Crippen LogP contribution < -0.4 is 0 Å². The molecule has 3 unspecified atom stereocenters. The van der Waals surface area contributed by atoms with Gasteiger partial charge in [-0.1, -0.05) is 44.1 Å². The molecule has 9 atom stereocenters. The minimum Gasteiger partial charge on any atom is -0.469 e. The van der Waals surface area contributed by atoms with Crippen LogP contribution in [0.2, 0.25) is 0 Å². The molecule has 0 aromatic rings. The first-order valence-electron chi connectivity index (χ1n) is 15.3. The van der Waals surface area contributed by atoms with Gasteiger partial charge in [0, 0.05) is 37.9 Å². The summed E-state index contributed by atoms with van der Waals surface area (Å²) in [6.07, 6.45) is 9.85. The van der Waals surface area contributed by atoms with E-state index in [1.54, 1.807) is 18.2 Å². The zero-order valence-corrected chi connectivity index (χ0v) is 24.3. The van der Waals surface area contributed by atoms with Crippen molar-refractivity contribution in [2.24, 2.45) is 11.8 Å². The summed E-state index contributed by atoms with van der Waals surface area (Å²) in [6.45, 7) is 3.23. The number of unbranched alkanes of at least 4 members (excludes halogenated alkanes) is 2. The second kappa shape index (κ2) is 18.2. The van der Waals surface area contributed by atoms with Gasteiger partial charge in [0.05, 0.1) is 19.3 Å². The van der Waals surface area contributed by atoms with Gasteiger partial charge in [0.25, 0.3) is 0 Å². The summed E-state index contributed by atoms with van der Waals surface area (Å²) in [6, 6.07) is 0. The van der Waals surface area contributed by atoms with Gasteiger partial charge < -0.3 is 28.8 Å². The summed E-state index contributed by atoms with van der Waals surface area (Å²) in [5.74, 6) is -1.55. The van der Waals surface area contributed by atoms with E-state index in [1.165, 1.54) is 13.2 Å². The van der Waals surface area contributed by atoms with Gasteiger partial charge >= 0.3 is 5.97 Å². The molecule has 0 aromatic carbocycles. The number of alkyl halides is 2. The molecule has 3 fully saturated rings. The van der Waals surface area contributed by atoms with Crippen LogP contribution in [0.15, 0.2) is 24.3 Å². The predicted octanol–water partition coefficient (Wildman–Crippen LogP) is 6.13. The van der Waals surface area contributed by atoms with Crippen molar-refractivity contribution in [3.05, 3.63) is 24.3 Å². The Labute approximate surface area is 238 Å². The minimum absolute atomic E-state index is 0.265. The van der Waals surface area contributed by atoms with Crippen molar-refractivity contribution in [2.45, 2.75) is 134 Å². The minimum atomic E-state index is -1.44. The zero-order valence-electron chi connectivity index (χ0n) is 24.3. The highest BCUT2D eigenvalue weighted by Crippen LogP contribution is 2.41. The summed E-state index contributed by atoms with van der Waals surface area (Å²) in [5.41, 5.74) is 0. The van der Waals surface area contributed by atoms with Crippen LogP contribution in [0, 0.1) is 11.8 Å². The number of aliphatic hydroxyl groups is 1. The van der Waals surface area contributed by atoms with Crippen molar-refractivity contribution in [3.8, 4) is 0 Å². The van der Waals surface area contributed by atoms with Crippen LogP contribution in [0.1, 0.15) is 90.4 Å².